The molecule has 5 nitrogen and oxygen atoms in total. The molecule has 1 rings (SSSR count). The number of benzene rings is 1. The molecule has 0 atom stereocenters. The summed E-state index contributed by atoms with van der Waals surface area (Å²) in [7, 11) is 0. The topological polar surface area (TPSA) is 95.2 Å². The molecule has 7 heteroatoms. The maximum absolute atomic E-state index is 11.2. The van der Waals surface area contributed by atoms with Crippen molar-refractivity contribution in [3.05, 3.63) is 34.3 Å². The second kappa shape index (κ2) is 5.56. The predicted molar refractivity (Wildman–Crippen MR) is 63.7 cm³/mol. The van der Waals surface area contributed by atoms with Crippen molar-refractivity contribution in [1.82, 2.24) is 0 Å². The fourth-order valence-electron chi connectivity index (χ4n) is 0.984. The van der Waals surface area contributed by atoms with Gasteiger partial charge in [-0.05, 0) is 18.2 Å². The molecule has 1 aromatic rings. The van der Waals surface area contributed by atoms with Gasteiger partial charge in [-0.25, -0.2) is 0 Å². The van der Waals surface area contributed by atoms with Gasteiger partial charge in [0.1, 0.15) is 0 Å². The van der Waals surface area contributed by atoms with Crippen LogP contribution < -0.4 is 16.2 Å². The second-order valence-electron chi connectivity index (χ2n) is 3.00. The first-order valence-electron chi connectivity index (χ1n) is 4.34. The van der Waals surface area contributed by atoms with E-state index in [0.29, 0.717) is 11.8 Å². The SMILES string of the molecule is Nc1c(Cl)cc(NC(=O)/C=C/C(=O)[O-])cc1Cl. The number of nitrogen functional groups attached to an aromatic ring is 1. The number of rotatable bonds is 3. The summed E-state index contributed by atoms with van der Waals surface area (Å²) in [5, 5.41) is 12.8. The van der Waals surface area contributed by atoms with Gasteiger partial charge in [-0.3, -0.25) is 4.79 Å². The summed E-state index contributed by atoms with van der Waals surface area (Å²) in [4.78, 5) is 21.3. The third kappa shape index (κ3) is 3.97. The number of carboxylic acids is 1. The van der Waals surface area contributed by atoms with Crippen molar-refractivity contribution in [3.8, 4) is 0 Å². The van der Waals surface area contributed by atoms with Gasteiger partial charge in [-0.2, -0.15) is 0 Å². The van der Waals surface area contributed by atoms with Crippen molar-refractivity contribution in [2.45, 2.75) is 0 Å². The number of aliphatic carboxylic acids is 1. The van der Waals surface area contributed by atoms with E-state index in [4.69, 9.17) is 28.9 Å². The van der Waals surface area contributed by atoms with E-state index >= 15 is 0 Å². The van der Waals surface area contributed by atoms with Crippen molar-refractivity contribution < 1.29 is 14.7 Å². The smallest absolute Gasteiger partial charge is 0.248 e. The minimum atomic E-state index is -1.46. The molecule has 0 fully saturated rings. The van der Waals surface area contributed by atoms with Crippen LogP contribution in [0, 0.1) is 0 Å². The molecule has 0 saturated heterocycles. The van der Waals surface area contributed by atoms with E-state index in [2.05, 4.69) is 5.32 Å². The van der Waals surface area contributed by atoms with Gasteiger partial charge in [0.25, 0.3) is 0 Å². The first kappa shape index (κ1) is 13.3. The van der Waals surface area contributed by atoms with E-state index in [-0.39, 0.29) is 15.7 Å². The number of carbonyl (C=O) groups excluding carboxylic acids is 2. The molecule has 0 radical (unpaired) electrons. The molecule has 1 amide bonds. The molecule has 0 aliphatic carbocycles. The van der Waals surface area contributed by atoms with Crippen LogP contribution in [0.2, 0.25) is 10.0 Å². The van der Waals surface area contributed by atoms with Crippen molar-refractivity contribution in [3.63, 3.8) is 0 Å². The maximum atomic E-state index is 11.2. The highest BCUT2D eigenvalue weighted by atomic mass is 35.5. The van der Waals surface area contributed by atoms with Crippen LogP contribution in [0.3, 0.4) is 0 Å². The number of halogens is 2. The Morgan fingerprint density at radius 2 is 1.76 bits per heavy atom. The lowest BCUT2D eigenvalue weighted by Crippen LogP contribution is -2.20. The van der Waals surface area contributed by atoms with Crippen LogP contribution in [0.25, 0.3) is 0 Å². The molecule has 0 bridgehead atoms. The maximum Gasteiger partial charge on any atom is 0.248 e. The number of carbonyl (C=O) groups is 2. The number of hydrogen-bond acceptors (Lipinski definition) is 4. The molecule has 0 spiro atoms. The highest BCUT2D eigenvalue weighted by molar-refractivity contribution is 6.39. The van der Waals surface area contributed by atoms with Crippen LogP contribution >= 0.6 is 23.2 Å². The molecular formula is C10H7Cl2N2O3-. The monoisotopic (exact) mass is 273 g/mol. The van der Waals surface area contributed by atoms with Gasteiger partial charge in [-0.15, -0.1) is 0 Å². The van der Waals surface area contributed by atoms with Gasteiger partial charge in [0, 0.05) is 11.8 Å². The Balaban J connectivity index is 2.82. The van der Waals surface area contributed by atoms with Crippen LogP contribution in [-0.2, 0) is 9.59 Å². The van der Waals surface area contributed by atoms with Gasteiger partial charge in [0.05, 0.1) is 21.7 Å². The zero-order valence-electron chi connectivity index (χ0n) is 8.37. The Hall–Kier alpha value is -1.72. The largest absolute Gasteiger partial charge is 0.545 e. The first-order valence-corrected chi connectivity index (χ1v) is 5.10. The van der Waals surface area contributed by atoms with Gasteiger partial charge in [-0.1, -0.05) is 23.2 Å². The molecule has 3 N–H and O–H groups in total. The summed E-state index contributed by atoms with van der Waals surface area (Å²) < 4.78 is 0. The van der Waals surface area contributed by atoms with E-state index < -0.39 is 11.9 Å². The van der Waals surface area contributed by atoms with E-state index in [9.17, 15) is 14.7 Å². The van der Waals surface area contributed by atoms with Crippen LogP contribution in [0.1, 0.15) is 0 Å². The van der Waals surface area contributed by atoms with Crippen molar-refractivity contribution in [2.24, 2.45) is 0 Å². The Morgan fingerprint density at radius 1 is 1.24 bits per heavy atom. The van der Waals surface area contributed by atoms with E-state index in [1.165, 1.54) is 12.1 Å². The van der Waals surface area contributed by atoms with Gasteiger partial charge in [0.15, 0.2) is 0 Å². The fourth-order valence-corrected chi connectivity index (χ4v) is 1.47. The highest BCUT2D eigenvalue weighted by Gasteiger charge is 2.06. The third-order valence-corrected chi connectivity index (χ3v) is 2.34. The van der Waals surface area contributed by atoms with Crippen molar-refractivity contribution >= 4 is 46.5 Å². The van der Waals surface area contributed by atoms with Crippen LogP contribution in [-0.4, -0.2) is 11.9 Å². The number of nitrogens with two attached hydrogens (primary N) is 1. The van der Waals surface area contributed by atoms with Gasteiger partial charge in [0.2, 0.25) is 5.91 Å². The number of nitrogens with one attached hydrogen (secondary N) is 1. The third-order valence-electron chi connectivity index (χ3n) is 1.72. The lowest BCUT2D eigenvalue weighted by atomic mass is 10.2. The first-order chi connectivity index (χ1) is 7.90. The number of carboxylic acid groups (broad SMARTS) is 1. The Kier molecular flexibility index (Phi) is 4.37. The van der Waals surface area contributed by atoms with Gasteiger partial charge >= 0.3 is 0 Å². The van der Waals surface area contributed by atoms with E-state index in [1.807, 2.05) is 0 Å². The molecule has 1 aromatic carbocycles. The van der Waals surface area contributed by atoms with E-state index in [0.717, 1.165) is 6.08 Å². The standard InChI is InChI=1S/C10H8Cl2N2O3/c11-6-3-5(4-7(12)10(6)13)14-8(15)1-2-9(16)17/h1-4H,13H2,(H,14,15)(H,16,17)/p-1/b2-1+. The summed E-state index contributed by atoms with van der Waals surface area (Å²) in [5.41, 5.74) is 6.02. The minimum Gasteiger partial charge on any atom is -0.545 e. The minimum absolute atomic E-state index is 0.191. The summed E-state index contributed by atoms with van der Waals surface area (Å²) in [6.45, 7) is 0. The number of amides is 1. The molecule has 0 saturated carbocycles. The Bertz CT molecular complexity index is 477. The Morgan fingerprint density at radius 3 is 2.24 bits per heavy atom. The Labute approximate surface area is 107 Å². The summed E-state index contributed by atoms with van der Waals surface area (Å²) >= 11 is 11.5. The lowest BCUT2D eigenvalue weighted by molar-refractivity contribution is -0.297. The molecule has 0 aliphatic heterocycles. The van der Waals surface area contributed by atoms with E-state index in [1.54, 1.807) is 0 Å². The number of hydrogen-bond donors (Lipinski definition) is 2. The van der Waals surface area contributed by atoms with Crippen molar-refractivity contribution in [1.29, 1.82) is 0 Å². The van der Waals surface area contributed by atoms with Crippen LogP contribution in [0.5, 0.6) is 0 Å². The molecule has 17 heavy (non-hydrogen) atoms. The predicted octanol–water partition coefficient (Wildman–Crippen LogP) is 0.820. The van der Waals surface area contributed by atoms with Gasteiger partial charge < -0.3 is 21.0 Å². The average molecular weight is 274 g/mol. The number of anilines is 2. The summed E-state index contributed by atoms with van der Waals surface area (Å²) in [6.07, 6.45) is 1.42. The summed E-state index contributed by atoms with van der Waals surface area (Å²) in [6, 6.07) is 2.79. The average Bonchev–Trinajstić information content (AvgIpc) is 2.23. The molecule has 0 heterocycles. The normalized spacial score (nSPS) is 10.5. The fraction of sp³-hybridized carbons (Fsp3) is 0. The molecular weight excluding hydrogens is 267 g/mol. The molecule has 90 valence electrons. The molecule has 0 unspecified atom stereocenters. The van der Waals surface area contributed by atoms with Crippen LogP contribution in [0.15, 0.2) is 24.3 Å². The zero-order chi connectivity index (χ0) is 13.0. The highest BCUT2D eigenvalue weighted by Crippen LogP contribution is 2.30. The lowest BCUT2D eigenvalue weighted by Gasteiger charge is -2.06. The zero-order valence-corrected chi connectivity index (χ0v) is 9.88. The molecule has 0 aromatic heterocycles. The second-order valence-corrected chi connectivity index (χ2v) is 3.81. The van der Waals surface area contributed by atoms with Crippen molar-refractivity contribution in [2.75, 3.05) is 11.1 Å². The molecule has 0 aliphatic rings. The van der Waals surface area contributed by atoms with Crippen LogP contribution in [0.4, 0.5) is 11.4 Å². The summed E-state index contributed by atoms with van der Waals surface area (Å²) in [5.74, 6) is -2.11. The quantitative estimate of drug-likeness (QED) is 0.630.